The molecule has 0 saturated heterocycles. The molecule has 3 aromatic heterocycles. The summed E-state index contributed by atoms with van der Waals surface area (Å²) in [4.78, 5) is 15.8. The second kappa shape index (κ2) is 20.7. The molecule has 0 amide bonds. The molecule has 0 unspecified atom stereocenters. The van der Waals surface area contributed by atoms with E-state index in [1.807, 2.05) is 42.5 Å². The molecule has 0 atom stereocenters. The fourth-order valence-electron chi connectivity index (χ4n) is 4.09. The number of halogens is 6. The molecular weight excluding hydrogens is 1140 g/mol. The van der Waals surface area contributed by atoms with Crippen molar-refractivity contribution >= 4 is 159 Å². The summed E-state index contributed by atoms with van der Waals surface area (Å²) in [7, 11) is -4.70. The minimum atomic E-state index is -3.36. The van der Waals surface area contributed by atoms with Gasteiger partial charge in [-0.3, -0.25) is 0 Å². The molecule has 0 aliphatic carbocycles. The van der Waals surface area contributed by atoms with Crippen LogP contribution in [0.4, 0.5) is 0 Å². The predicted molar refractivity (Wildman–Crippen MR) is 222 cm³/mol. The van der Waals surface area contributed by atoms with Crippen LogP contribution in [0.3, 0.4) is 0 Å². The Labute approximate surface area is 342 Å². The van der Waals surface area contributed by atoms with E-state index in [1.165, 1.54) is 14.2 Å². The van der Waals surface area contributed by atoms with E-state index in [0.717, 1.165) is 34.9 Å². The summed E-state index contributed by atoms with van der Waals surface area (Å²) in [6.45, 7) is 0. The number of para-hydroxylation sites is 6. The van der Waals surface area contributed by atoms with Crippen molar-refractivity contribution in [2.45, 2.75) is 16.2 Å². The molecule has 3 aromatic carbocycles. The van der Waals surface area contributed by atoms with E-state index in [9.17, 15) is 25.3 Å². The molecule has 6 rings (SSSR count). The molecule has 267 valence electrons. The van der Waals surface area contributed by atoms with Gasteiger partial charge in [0.2, 0.25) is 29.1 Å². The second-order valence-corrected chi connectivity index (χ2v) is 29.2. The zero-order chi connectivity index (χ0) is 37.0. The van der Waals surface area contributed by atoms with Gasteiger partial charge in [0.05, 0.1) is 68.1 Å². The van der Waals surface area contributed by atoms with E-state index in [1.54, 1.807) is 30.3 Å². The third-order valence-corrected chi connectivity index (χ3v) is 8.95. The molecule has 0 aliphatic heterocycles. The Morgan fingerprint density at radius 3 is 1.45 bits per heavy atom. The van der Waals surface area contributed by atoms with Crippen LogP contribution in [0.15, 0.2) is 72.8 Å². The van der Waals surface area contributed by atoms with Gasteiger partial charge in [-0.25, -0.2) is 48.2 Å². The SMILES string of the molecule is CS(=O)(=O)Cl.CS(=O)(=O)n1c(CCl)nc2ccccc21.CS(=O)(=O)n1c(CI)nc2ccccc21.ClCc1nc2ccccc2[nH]1.[I][V][I]. The summed E-state index contributed by atoms with van der Waals surface area (Å²) in [5.74, 6) is 2.25. The van der Waals surface area contributed by atoms with Crippen LogP contribution in [-0.2, 0) is 54.8 Å². The van der Waals surface area contributed by atoms with Crippen LogP contribution in [0.2, 0.25) is 0 Å². The molecule has 6 aromatic rings. The summed E-state index contributed by atoms with van der Waals surface area (Å²) in [6, 6.07) is 22.1. The number of H-pyrrole nitrogens is 1. The zero-order valence-electron chi connectivity index (χ0n) is 25.7. The van der Waals surface area contributed by atoms with E-state index >= 15 is 0 Å². The molecule has 1 N–H and O–H groups in total. The van der Waals surface area contributed by atoms with Crippen molar-refractivity contribution in [3.8, 4) is 0 Å². The van der Waals surface area contributed by atoms with Gasteiger partial charge in [-0.2, -0.15) is 0 Å². The molecule has 0 radical (unpaired) electrons. The topological polar surface area (TPSA) is 167 Å². The number of hydrogen-bond acceptors (Lipinski definition) is 9. The van der Waals surface area contributed by atoms with E-state index < -0.39 is 29.1 Å². The quantitative estimate of drug-likeness (QED) is 0.104. The molecule has 3 heterocycles. The summed E-state index contributed by atoms with van der Waals surface area (Å²) < 4.78 is 68.2. The summed E-state index contributed by atoms with van der Waals surface area (Å²) in [5, 5.41) is 0. The van der Waals surface area contributed by atoms with Gasteiger partial charge in [-0.1, -0.05) is 59.0 Å². The Hall–Kier alpha value is -0.436. The van der Waals surface area contributed by atoms with Crippen LogP contribution in [0.1, 0.15) is 17.5 Å². The van der Waals surface area contributed by atoms with Crippen molar-refractivity contribution in [1.29, 1.82) is 0 Å². The number of hydrogen-bond donors (Lipinski definition) is 1. The zero-order valence-corrected chi connectivity index (χ0v) is 38.3. The van der Waals surface area contributed by atoms with Crippen LogP contribution >= 0.6 is 96.4 Å². The number of fused-ring (bicyclic) bond motifs is 3. The molecule has 0 bridgehead atoms. The van der Waals surface area contributed by atoms with Gasteiger partial charge in [-0.15, -0.1) is 23.2 Å². The molecule has 0 spiro atoms. The summed E-state index contributed by atoms with van der Waals surface area (Å²) in [6.07, 6.45) is 3.25. The van der Waals surface area contributed by atoms with Crippen LogP contribution < -0.4 is 0 Å². The standard InChI is InChI=1S/C9H9ClN2O2S.C9H9IN2O2S.C8H7ClN2.CH3ClO2S.2HI.V/c2*1-15(13,14)12-8-5-3-2-4-7(8)11-9(12)6-10;9-5-8-10-6-3-1-2-4-7(6)11-8;1-5(2,3)4;;;/h2*2-5H,6H2,1H3;1-4H,5H2,(H,10,11);1H3;2*1H;/q;;;;;;+2/p-2. The minimum absolute atomic E-state index is 0.0712. The van der Waals surface area contributed by atoms with Gasteiger partial charge in [0.25, 0.3) is 0 Å². The van der Waals surface area contributed by atoms with Crippen molar-refractivity contribution in [1.82, 2.24) is 27.9 Å². The van der Waals surface area contributed by atoms with Crippen molar-refractivity contribution in [3.05, 3.63) is 90.3 Å². The third-order valence-electron chi connectivity index (χ3n) is 5.64. The Morgan fingerprint density at radius 1 is 0.673 bits per heavy atom. The van der Waals surface area contributed by atoms with E-state index in [0.29, 0.717) is 48.0 Å². The number of aromatic amines is 1. The number of nitrogens with one attached hydrogen (secondary N) is 1. The van der Waals surface area contributed by atoms with E-state index in [4.69, 9.17) is 23.2 Å². The van der Waals surface area contributed by atoms with E-state index in [2.05, 4.69) is 93.2 Å². The Balaban J connectivity index is 0.000000232. The molecule has 12 nitrogen and oxygen atoms in total. The van der Waals surface area contributed by atoms with Gasteiger partial charge in [0.1, 0.15) is 17.5 Å². The summed E-state index contributed by atoms with van der Waals surface area (Å²) in [5.41, 5.74) is 4.58. The molecule has 0 fully saturated rings. The first-order valence-corrected chi connectivity index (χ1v) is 31.2. The third kappa shape index (κ3) is 14.5. The van der Waals surface area contributed by atoms with Crippen LogP contribution in [0.25, 0.3) is 33.1 Å². The number of alkyl halides is 3. The van der Waals surface area contributed by atoms with Gasteiger partial charge in [-0.05, 0) is 36.4 Å². The van der Waals surface area contributed by atoms with Crippen LogP contribution in [-0.4, -0.2) is 71.9 Å². The van der Waals surface area contributed by atoms with Crippen LogP contribution in [0, 0.1) is 0 Å². The first kappa shape index (κ1) is 44.7. The van der Waals surface area contributed by atoms with Gasteiger partial charge in [0, 0.05) is 10.7 Å². The maximum atomic E-state index is 11.6. The Morgan fingerprint density at radius 2 is 1.06 bits per heavy atom. The second-order valence-electron chi connectivity index (χ2n) is 9.44. The number of benzene rings is 3. The Kier molecular flexibility index (Phi) is 18.9. The average molecular weight is 1170 g/mol. The fourth-order valence-corrected chi connectivity index (χ4v) is 7.20. The molecular formula is C27H28Cl3I3N6O6S3V. The first-order chi connectivity index (χ1) is 22.9. The number of rotatable bonds is 5. The van der Waals surface area contributed by atoms with Gasteiger partial charge >= 0.3 is 49.4 Å². The predicted octanol–water partition coefficient (Wildman–Crippen LogP) is 7.62. The summed E-state index contributed by atoms with van der Waals surface area (Å²) >= 11 is 18.1. The van der Waals surface area contributed by atoms with Crippen LogP contribution in [0.5, 0.6) is 0 Å². The fraction of sp³-hybridized carbons (Fsp3) is 0.222. The molecule has 49 heavy (non-hydrogen) atoms. The van der Waals surface area contributed by atoms with Gasteiger partial charge in [0.15, 0.2) is 0 Å². The average Bonchev–Trinajstić information content (AvgIpc) is 3.73. The normalized spacial score (nSPS) is 11.3. The van der Waals surface area contributed by atoms with Gasteiger partial charge < -0.3 is 4.98 Å². The molecule has 0 saturated carbocycles. The maximum absolute atomic E-state index is 11.6. The monoisotopic (exact) mass is 1160 g/mol. The first-order valence-electron chi connectivity index (χ1n) is 13.2. The molecule has 22 heteroatoms. The van der Waals surface area contributed by atoms with E-state index in [-0.39, 0.29) is 5.88 Å². The van der Waals surface area contributed by atoms with Crippen molar-refractivity contribution in [3.63, 3.8) is 0 Å². The van der Waals surface area contributed by atoms with Crippen molar-refractivity contribution in [2.24, 2.45) is 0 Å². The van der Waals surface area contributed by atoms with Crippen molar-refractivity contribution < 1.29 is 34.7 Å². The van der Waals surface area contributed by atoms with Crippen molar-refractivity contribution in [2.75, 3.05) is 18.8 Å². The molecule has 0 aliphatic rings. The Bertz CT molecular complexity index is 2170. The number of nitrogens with zero attached hydrogens (tertiary/aromatic N) is 5. The number of aromatic nitrogens is 6. The number of imidazole rings is 3.